The molecule has 0 bridgehead atoms. The molecular weight excluding hydrogens is 175 g/mol. The first kappa shape index (κ1) is 12.1. The van der Waals surface area contributed by atoms with Crippen LogP contribution in [0.5, 0.6) is 0 Å². The highest BCUT2D eigenvalue weighted by atomic mass is 16.6. The highest BCUT2D eigenvalue weighted by molar-refractivity contribution is 6.18. The van der Waals surface area contributed by atoms with Gasteiger partial charge in [0, 0.05) is 12.2 Å². The van der Waals surface area contributed by atoms with Crippen LogP contribution in [-0.4, -0.2) is 19.9 Å². The third-order valence-corrected chi connectivity index (χ3v) is 2.80. The summed E-state index contributed by atoms with van der Waals surface area (Å²) in [5, 5.41) is 0. The molecule has 3 heteroatoms. The van der Waals surface area contributed by atoms with Gasteiger partial charge in [0.25, 0.3) is 0 Å². The highest BCUT2D eigenvalue weighted by Crippen LogP contribution is 2.35. The third-order valence-electron chi connectivity index (χ3n) is 2.80. The lowest BCUT2D eigenvalue weighted by molar-refractivity contribution is -0.0572. The molecule has 1 heterocycles. The van der Waals surface area contributed by atoms with Crippen LogP contribution in [0.1, 0.15) is 48.0 Å². The van der Waals surface area contributed by atoms with E-state index in [1.807, 2.05) is 0 Å². The van der Waals surface area contributed by atoms with Gasteiger partial charge in [0.1, 0.15) is 0 Å². The largest absolute Gasteiger partial charge is 0.488 e. The first-order chi connectivity index (χ1) is 6.21. The number of rotatable bonds is 0. The second-order valence-corrected chi connectivity index (χ2v) is 6.31. The fraction of sp³-hybridized carbons (Fsp3) is 1.00. The summed E-state index contributed by atoms with van der Waals surface area (Å²) in [6, 6.07) is 0. The zero-order valence-electron chi connectivity index (χ0n) is 10.3. The maximum Gasteiger partial charge on any atom is 0.488 e. The first-order valence-electron chi connectivity index (χ1n) is 5.34. The van der Waals surface area contributed by atoms with Crippen molar-refractivity contribution in [3.63, 3.8) is 0 Å². The second kappa shape index (κ2) is 3.86. The van der Waals surface area contributed by atoms with Crippen molar-refractivity contribution in [3.05, 3.63) is 0 Å². The predicted octanol–water partition coefficient (Wildman–Crippen LogP) is 2.79. The van der Waals surface area contributed by atoms with Gasteiger partial charge in [-0.1, -0.05) is 41.5 Å². The van der Waals surface area contributed by atoms with Gasteiger partial charge in [-0.25, -0.2) is 0 Å². The zero-order valence-corrected chi connectivity index (χ0v) is 10.3. The fourth-order valence-corrected chi connectivity index (χ4v) is 1.59. The molecule has 0 saturated carbocycles. The minimum atomic E-state index is 0.184. The Bertz CT molecular complexity index is 170. The SMILES string of the molecule is CC(C)(C)C1CC(C(C)(C)C)O[B]O1. The summed E-state index contributed by atoms with van der Waals surface area (Å²) in [4.78, 5) is 0. The Balaban J connectivity index is 2.61. The molecule has 1 rings (SSSR count). The molecular formula is C11H22BO2. The van der Waals surface area contributed by atoms with Gasteiger partial charge in [-0.05, 0) is 17.3 Å². The van der Waals surface area contributed by atoms with E-state index in [0.717, 1.165) is 6.42 Å². The van der Waals surface area contributed by atoms with E-state index in [1.54, 1.807) is 0 Å². The minimum absolute atomic E-state index is 0.184. The van der Waals surface area contributed by atoms with Crippen LogP contribution in [0, 0.1) is 10.8 Å². The molecule has 1 aliphatic rings. The topological polar surface area (TPSA) is 18.5 Å². The molecule has 0 aromatic carbocycles. The van der Waals surface area contributed by atoms with Crippen LogP contribution >= 0.6 is 0 Å². The van der Waals surface area contributed by atoms with Gasteiger partial charge < -0.3 is 9.31 Å². The smallest absolute Gasteiger partial charge is 0.410 e. The van der Waals surface area contributed by atoms with Gasteiger partial charge in [-0.3, -0.25) is 0 Å². The van der Waals surface area contributed by atoms with Gasteiger partial charge in [0.2, 0.25) is 0 Å². The molecule has 81 valence electrons. The predicted molar refractivity (Wildman–Crippen MR) is 59.0 cm³/mol. The van der Waals surface area contributed by atoms with Gasteiger partial charge in [0.15, 0.2) is 0 Å². The van der Waals surface area contributed by atoms with Crippen molar-refractivity contribution < 1.29 is 9.31 Å². The molecule has 2 nitrogen and oxygen atoms in total. The molecule has 1 fully saturated rings. The van der Waals surface area contributed by atoms with E-state index in [0.29, 0.717) is 0 Å². The van der Waals surface area contributed by atoms with Crippen LogP contribution in [-0.2, 0) is 9.31 Å². The molecule has 0 aromatic rings. The zero-order chi connectivity index (χ0) is 11.0. The van der Waals surface area contributed by atoms with Crippen molar-refractivity contribution in [2.24, 2.45) is 10.8 Å². The third kappa shape index (κ3) is 2.99. The Morgan fingerprint density at radius 3 is 1.50 bits per heavy atom. The van der Waals surface area contributed by atoms with E-state index >= 15 is 0 Å². The monoisotopic (exact) mass is 197 g/mol. The van der Waals surface area contributed by atoms with Crippen molar-refractivity contribution >= 4 is 7.69 Å². The van der Waals surface area contributed by atoms with Crippen LogP contribution in [0.25, 0.3) is 0 Å². The van der Waals surface area contributed by atoms with Crippen LogP contribution in [0.3, 0.4) is 0 Å². The Hall–Kier alpha value is -0.0151. The van der Waals surface area contributed by atoms with E-state index in [2.05, 4.69) is 41.5 Å². The van der Waals surface area contributed by atoms with Crippen LogP contribution in [0.15, 0.2) is 0 Å². The van der Waals surface area contributed by atoms with Crippen LogP contribution in [0.4, 0.5) is 0 Å². The lowest BCUT2D eigenvalue weighted by Gasteiger charge is -2.42. The molecule has 1 saturated heterocycles. The molecule has 1 aliphatic heterocycles. The lowest BCUT2D eigenvalue weighted by atomic mass is 9.77. The summed E-state index contributed by atoms with van der Waals surface area (Å²) in [6.45, 7) is 13.2. The minimum Gasteiger partial charge on any atom is -0.410 e. The average Bonchev–Trinajstić information content (AvgIpc) is 2.01. The maximum atomic E-state index is 5.52. The summed E-state index contributed by atoms with van der Waals surface area (Å²) >= 11 is 0. The standard InChI is InChI=1S/C11H22BO2/c1-10(2,3)8-7-9(11(4,5)6)14-12-13-8/h8-9H,7H2,1-6H3. The van der Waals surface area contributed by atoms with Crippen molar-refractivity contribution in [2.45, 2.75) is 60.2 Å². The Kier molecular flexibility index (Phi) is 3.32. The highest BCUT2D eigenvalue weighted by Gasteiger charge is 2.37. The van der Waals surface area contributed by atoms with E-state index < -0.39 is 0 Å². The Labute approximate surface area is 88.7 Å². The lowest BCUT2D eigenvalue weighted by Crippen LogP contribution is -2.45. The summed E-state index contributed by atoms with van der Waals surface area (Å²) in [5.41, 5.74) is 0.369. The van der Waals surface area contributed by atoms with Gasteiger partial charge in [0.05, 0.1) is 0 Å². The summed E-state index contributed by atoms with van der Waals surface area (Å²) in [6.07, 6.45) is 1.50. The normalized spacial score (nSPS) is 29.9. The molecule has 0 aromatic heterocycles. The van der Waals surface area contributed by atoms with E-state index in [-0.39, 0.29) is 23.0 Å². The fourth-order valence-electron chi connectivity index (χ4n) is 1.59. The molecule has 0 spiro atoms. The number of hydrogen-bond acceptors (Lipinski definition) is 2. The van der Waals surface area contributed by atoms with Gasteiger partial charge >= 0.3 is 7.69 Å². The summed E-state index contributed by atoms with van der Waals surface area (Å²) in [7, 11) is 1.52. The quantitative estimate of drug-likeness (QED) is 0.556. The Morgan fingerprint density at radius 1 is 0.857 bits per heavy atom. The van der Waals surface area contributed by atoms with Crippen molar-refractivity contribution in [1.82, 2.24) is 0 Å². The molecule has 2 unspecified atom stereocenters. The van der Waals surface area contributed by atoms with Crippen molar-refractivity contribution in [2.75, 3.05) is 0 Å². The van der Waals surface area contributed by atoms with Crippen LogP contribution in [0.2, 0.25) is 0 Å². The van der Waals surface area contributed by atoms with Gasteiger partial charge in [-0.15, -0.1) is 0 Å². The summed E-state index contributed by atoms with van der Waals surface area (Å²) < 4.78 is 11.0. The maximum absolute atomic E-state index is 5.52. The Morgan fingerprint density at radius 2 is 1.21 bits per heavy atom. The molecule has 14 heavy (non-hydrogen) atoms. The van der Waals surface area contributed by atoms with E-state index in [1.165, 1.54) is 7.69 Å². The van der Waals surface area contributed by atoms with Gasteiger partial charge in [-0.2, -0.15) is 0 Å². The van der Waals surface area contributed by atoms with Crippen LogP contribution < -0.4 is 0 Å². The molecule has 0 aliphatic carbocycles. The van der Waals surface area contributed by atoms with E-state index in [4.69, 9.17) is 9.31 Å². The average molecular weight is 197 g/mol. The summed E-state index contributed by atoms with van der Waals surface area (Å²) in [5.74, 6) is 0. The second-order valence-electron chi connectivity index (χ2n) is 6.31. The van der Waals surface area contributed by atoms with Crippen molar-refractivity contribution in [1.29, 1.82) is 0 Å². The first-order valence-corrected chi connectivity index (χ1v) is 5.34. The molecule has 0 N–H and O–H groups in total. The van der Waals surface area contributed by atoms with Crippen molar-refractivity contribution in [3.8, 4) is 0 Å². The molecule has 2 atom stereocenters. The number of hydrogen-bond donors (Lipinski definition) is 0. The molecule has 0 amide bonds. The van der Waals surface area contributed by atoms with E-state index in [9.17, 15) is 0 Å². The molecule has 1 radical (unpaired) electrons.